The van der Waals surface area contributed by atoms with Crippen LogP contribution < -0.4 is 22.0 Å². The Balaban J connectivity index is 1.40. The molecule has 2 heterocycles. The van der Waals surface area contributed by atoms with Gasteiger partial charge in [0.1, 0.15) is 0 Å². The van der Waals surface area contributed by atoms with E-state index < -0.39 is 0 Å². The second-order valence-electron chi connectivity index (χ2n) is 13.4. The Morgan fingerprint density at radius 3 is 1.70 bits per heavy atom. The third-order valence-electron chi connectivity index (χ3n) is 10.4. The van der Waals surface area contributed by atoms with E-state index in [9.17, 15) is 24.9 Å². The number of aromatic nitrogens is 2. The number of nitrogens with zero attached hydrogens (tertiary/aromatic N) is 2. The van der Waals surface area contributed by atoms with Crippen LogP contribution in [0.1, 0.15) is 90.9 Å². The van der Waals surface area contributed by atoms with Crippen molar-refractivity contribution >= 4 is 53.9 Å². The van der Waals surface area contributed by atoms with Crippen molar-refractivity contribution < 1.29 is 5.11 Å². The number of fused-ring (bicyclic) bond motifs is 2. The number of hydrogen-bond acceptors (Lipinski definition) is 5. The quantitative estimate of drug-likeness (QED) is 0.0715. The molecule has 0 bridgehead atoms. The second kappa shape index (κ2) is 12.6. The SMILES string of the molecule is CCCCCCCCn1c(O)c2ccc3c4ccc5c6c4c(c(=N)cc-6c(=O)n(CCCCCCCC)c5=O)c4ccc(c1=O)c2c34. The van der Waals surface area contributed by atoms with E-state index in [2.05, 4.69) is 13.8 Å². The summed E-state index contributed by atoms with van der Waals surface area (Å²) in [5.41, 5.74) is 0.183. The van der Waals surface area contributed by atoms with Gasteiger partial charge in [0.25, 0.3) is 16.7 Å². The monoisotopic (exact) mass is 629 g/mol. The van der Waals surface area contributed by atoms with Crippen molar-refractivity contribution in [3.8, 4) is 17.0 Å². The first-order valence-electron chi connectivity index (χ1n) is 17.6. The lowest BCUT2D eigenvalue weighted by Crippen LogP contribution is -2.35. The third kappa shape index (κ3) is 4.93. The largest absolute Gasteiger partial charge is 0.494 e. The molecule has 0 spiro atoms. The summed E-state index contributed by atoms with van der Waals surface area (Å²) in [7, 11) is 0. The molecule has 1 aliphatic carbocycles. The van der Waals surface area contributed by atoms with Crippen molar-refractivity contribution in [1.29, 1.82) is 5.41 Å². The lowest BCUT2D eigenvalue weighted by Gasteiger charge is -2.21. The normalized spacial score (nSPS) is 12.4. The Morgan fingerprint density at radius 2 is 1.02 bits per heavy atom. The summed E-state index contributed by atoms with van der Waals surface area (Å²) in [5, 5.41) is 27.9. The molecular formula is C40H43N3O4. The van der Waals surface area contributed by atoms with E-state index in [1.165, 1.54) is 41.2 Å². The second-order valence-corrected chi connectivity index (χ2v) is 13.4. The van der Waals surface area contributed by atoms with E-state index in [0.717, 1.165) is 71.9 Å². The maximum absolute atomic E-state index is 13.8. The lowest BCUT2D eigenvalue weighted by atomic mass is 9.83. The molecule has 4 aromatic carbocycles. The molecular weight excluding hydrogens is 586 g/mol. The zero-order valence-corrected chi connectivity index (χ0v) is 27.5. The molecule has 242 valence electrons. The molecule has 5 aromatic rings. The Bertz CT molecular complexity index is 2440. The summed E-state index contributed by atoms with van der Waals surface area (Å²) < 4.78 is 2.87. The molecule has 0 fully saturated rings. The van der Waals surface area contributed by atoms with Crippen LogP contribution in [0.15, 0.2) is 56.8 Å². The van der Waals surface area contributed by atoms with Crippen LogP contribution in [-0.4, -0.2) is 14.2 Å². The Kier molecular flexibility index (Phi) is 8.33. The molecule has 7 rings (SSSR count). The van der Waals surface area contributed by atoms with Crippen LogP contribution in [0.5, 0.6) is 5.88 Å². The van der Waals surface area contributed by atoms with Crippen molar-refractivity contribution in [2.24, 2.45) is 0 Å². The average molecular weight is 630 g/mol. The van der Waals surface area contributed by atoms with Crippen molar-refractivity contribution in [2.45, 2.75) is 104 Å². The molecule has 2 N–H and O–H groups in total. The summed E-state index contributed by atoms with van der Waals surface area (Å²) in [6, 6.07) is 12.9. The summed E-state index contributed by atoms with van der Waals surface area (Å²) in [5.74, 6) is -0.0245. The molecule has 7 heteroatoms. The van der Waals surface area contributed by atoms with E-state index in [4.69, 9.17) is 0 Å². The minimum absolute atomic E-state index is 0.0245. The summed E-state index contributed by atoms with van der Waals surface area (Å²) in [6.45, 7) is 5.21. The van der Waals surface area contributed by atoms with Crippen LogP contribution >= 0.6 is 0 Å². The van der Waals surface area contributed by atoms with Crippen LogP contribution in [-0.2, 0) is 13.1 Å². The highest BCUT2D eigenvalue weighted by Crippen LogP contribution is 2.45. The van der Waals surface area contributed by atoms with Gasteiger partial charge < -0.3 is 10.5 Å². The molecule has 0 unspecified atom stereocenters. The van der Waals surface area contributed by atoms with Crippen LogP contribution in [0.4, 0.5) is 0 Å². The first-order chi connectivity index (χ1) is 22.9. The van der Waals surface area contributed by atoms with Gasteiger partial charge in [0, 0.05) is 51.0 Å². The molecule has 47 heavy (non-hydrogen) atoms. The van der Waals surface area contributed by atoms with Gasteiger partial charge in [-0.15, -0.1) is 0 Å². The Morgan fingerprint density at radius 1 is 0.532 bits per heavy atom. The van der Waals surface area contributed by atoms with E-state index in [1.54, 1.807) is 6.07 Å². The van der Waals surface area contributed by atoms with Gasteiger partial charge in [0.05, 0.1) is 10.9 Å². The fraction of sp³-hybridized carbons (Fsp3) is 0.400. The highest BCUT2D eigenvalue weighted by atomic mass is 16.3. The predicted octanol–water partition coefficient (Wildman–Crippen LogP) is 8.46. The minimum atomic E-state index is -0.333. The van der Waals surface area contributed by atoms with E-state index in [1.807, 2.05) is 36.4 Å². The number of hydrogen-bond donors (Lipinski definition) is 2. The minimum Gasteiger partial charge on any atom is -0.494 e. The zero-order valence-electron chi connectivity index (χ0n) is 27.5. The Labute approximate surface area is 272 Å². The maximum Gasteiger partial charge on any atom is 0.261 e. The van der Waals surface area contributed by atoms with Gasteiger partial charge in [-0.3, -0.25) is 23.5 Å². The molecule has 1 aromatic heterocycles. The van der Waals surface area contributed by atoms with Gasteiger partial charge in [-0.05, 0) is 58.7 Å². The van der Waals surface area contributed by atoms with Gasteiger partial charge in [-0.1, -0.05) is 96.3 Å². The van der Waals surface area contributed by atoms with Gasteiger partial charge in [-0.2, -0.15) is 0 Å². The summed E-state index contributed by atoms with van der Waals surface area (Å²) >= 11 is 0. The van der Waals surface area contributed by atoms with Crippen LogP contribution in [0.25, 0.3) is 65.0 Å². The lowest BCUT2D eigenvalue weighted by molar-refractivity contribution is 0.406. The number of unbranched alkanes of at least 4 members (excludes halogenated alkanes) is 10. The van der Waals surface area contributed by atoms with Crippen molar-refractivity contribution in [3.63, 3.8) is 0 Å². The maximum atomic E-state index is 13.8. The fourth-order valence-corrected chi connectivity index (χ4v) is 7.99. The first kappa shape index (κ1) is 31.1. The molecule has 7 nitrogen and oxygen atoms in total. The molecule has 0 saturated heterocycles. The summed E-state index contributed by atoms with van der Waals surface area (Å²) in [4.78, 5) is 41.4. The standard InChI is InChI=1S/C40H43N3O4/c1-3-5-7-9-11-13-21-42-37(44)27-18-15-24-25-16-19-29-34-30(40(47)43(39(29)46)22-14-12-10-8-6-4-2)23-31(41)35(36(25)34)26-17-20-28(38(42)45)33(27)32(24)26/h15-20,23,41,44H,3-14,21-22H2,1-2H3. The van der Waals surface area contributed by atoms with Gasteiger partial charge in [-0.25, -0.2) is 0 Å². The van der Waals surface area contributed by atoms with Crippen LogP contribution in [0.2, 0.25) is 0 Å². The van der Waals surface area contributed by atoms with Gasteiger partial charge in [0.2, 0.25) is 5.88 Å². The molecule has 0 radical (unpaired) electrons. The van der Waals surface area contributed by atoms with E-state index in [0.29, 0.717) is 51.1 Å². The van der Waals surface area contributed by atoms with Gasteiger partial charge in [0.15, 0.2) is 0 Å². The van der Waals surface area contributed by atoms with Gasteiger partial charge >= 0.3 is 0 Å². The number of aromatic hydroxyl groups is 1. The molecule has 0 atom stereocenters. The molecule has 0 amide bonds. The smallest absolute Gasteiger partial charge is 0.261 e. The molecule has 1 aliphatic heterocycles. The van der Waals surface area contributed by atoms with E-state index >= 15 is 0 Å². The van der Waals surface area contributed by atoms with Crippen molar-refractivity contribution in [1.82, 2.24) is 9.13 Å². The molecule has 2 aliphatic rings. The number of pyridine rings is 2. The Hall–Kier alpha value is -4.52. The highest BCUT2D eigenvalue weighted by molar-refractivity contribution is 6.37. The molecule has 0 saturated carbocycles. The first-order valence-corrected chi connectivity index (χ1v) is 17.6. The average Bonchev–Trinajstić information content (AvgIpc) is 3.07. The van der Waals surface area contributed by atoms with Crippen LogP contribution in [0, 0.1) is 5.41 Å². The van der Waals surface area contributed by atoms with E-state index in [-0.39, 0.29) is 27.9 Å². The third-order valence-corrected chi connectivity index (χ3v) is 10.4. The predicted molar refractivity (Wildman–Crippen MR) is 193 cm³/mol. The highest BCUT2D eigenvalue weighted by Gasteiger charge is 2.26. The topological polar surface area (TPSA) is 105 Å². The fourth-order valence-electron chi connectivity index (χ4n) is 7.99. The number of rotatable bonds is 14. The van der Waals surface area contributed by atoms with Crippen LogP contribution in [0.3, 0.4) is 0 Å². The van der Waals surface area contributed by atoms with Crippen molar-refractivity contribution in [3.05, 3.63) is 78.9 Å². The number of benzene rings is 5. The zero-order chi connectivity index (χ0) is 32.8. The number of nitrogens with one attached hydrogen (secondary N) is 1. The summed E-state index contributed by atoms with van der Waals surface area (Å²) in [6.07, 6.45) is 12.9. The van der Waals surface area contributed by atoms with Crippen molar-refractivity contribution in [2.75, 3.05) is 0 Å².